The molecule has 2 N–H and O–H groups in total. The molecule has 0 saturated carbocycles. The summed E-state index contributed by atoms with van der Waals surface area (Å²) < 4.78 is 31.7. The highest BCUT2D eigenvalue weighted by Crippen LogP contribution is 2.20. The van der Waals surface area contributed by atoms with Crippen molar-refractivity contribution in [3.05, 3.63) is 17.9 Å². The third-order valence-corrected chi connectivity index (χ3v) is 4.51. The van der Waals surface area contributed by atoms with Gasteiger partial charge in [0.15, 0.2) is 0 Å². The lowest BCUT2D eigenvalue weighted by Crippen LogP contribution is -2.44. The van der Waals surface area contributed by atoms with Crippen LogP contribution >= 0.6 is 0 Å². The molecule has 6 heteroatoms. The van der Waals surface area contributed by atoms with Gasteiger partial charge in [-0.15, -0.1) is 0 Å². The van der Waals surface area contributed by atoms with E-state index >= 15 is 0 Å². The van der Waals surface area contributed by atoms with Crippen molar-refractivity contribution in [1.29, 1.82) is 0 Å². The molecule has 0 fully saturated rings. The molecule has 0 saturated heterocycles. The van der Waals surface area contributed by atoms with Gasteiger partial charge in [-0.1, -0.05) is 13.8 Å². The topological polar surface area (TPSA) is 79.5 Å². The molecule has 0 atom stereocenters. The summed E-state index contributed by atoms with van der Waals surface area (Å²) in [5.41, 5.74) is -0.481. The average Bonchev–Trinajstić information content (AvgIpc) is 2.77. The van der Waals surface area contributed by atoms with Gasteiger partial charge < -0.3 is 9.52 Å². The van der Waals surface area contributed by atoms with Crippen LogP contribution in [-0.2, 0) is 16.6 Å². The first kappa shape index (κ1) is 14.2. The van der Waals surface area contributed by atoms with E-state index in [1.807, 2.05) is 20.8 Å². The Hall–Kier alpha value is -0.850. The second kappa shape index (κ2) is 5.20. The summed E-state index contributed by atoms with van der Waals surface area (Å²) in [5, 5.41) is 8.67. The molecule has 1 rings (SSSR count). The van der Waals surface area contributed by atoms with E-state index in [4.69, 9.17) is 9.52 Å². The molecule has 1 heterocycles. The molecule has 17 heavy (non-hydrogen) atoms. The predicted molar refractivity (Wildman–Crippen MR) is 63.9 cm³/mol. The van der Waals surface area contributed by atoms with Crippen molar-refractivity contribution in [2.75, 3.05) is 0 Å². The van der Waals surface area contributed by atoms with Gasteiger partial charge in [0.1, 0.15) is 12.4 Å². The largest absolute Gasteiger partial charge is 0.446 e. The van der Waals surface area contributed by atoms with E-state index in [0.29, 0.717) is 12.8 Å². The van der Waals surface area contributed by atoms with Gasteiger partial charge in [-0.05, 0) is 31.9 Å². The predicted octanol–water partition coefficient (Wildman–Crippen LogP) is 1.63. The van der Waals surface area contributed by atoms with Gasteiger partial charge in [0.2, 0.25) is 5.09 Å². The average molecular weight is 261 g/mol. The number of aliphatic hydroxyl groups is 1. The minimum atomic E-state index is -3.66. The van der Waals surface area contributed by atoms with Gasteiger partial charge >= 0.3 is 0 Å². The number of rotatable bonds is 6. The normalized spacial score (nSPS) is 12.9. The minimum Gasteiger partial charge on any atom is -0.446 e. The fourth-order valence-corrected chi connectivity index (χ4v) is 2.86. The maximum absolute atomic E-state index is 12.0. The quantitative estimate of drug-likeness (QED) is 0.815. The van der Waals surface area contributed by atoms with Gasteiger partial charge in [-0.3, -0.25) is 0 Å². The summed E-state index contributed by atoms with van der Waals surface area (Å²) in [5.74, 6) is 0.236. The van der Waals surface area contributed by atoms with E-state index in [-0.39, 0.29) is 17.5 Å². The molecule has 0 unspecified atom stereocenters. The molecular weight excluding hydrogens is 242 g/mol. The smallest absolute Gasteiger partial charge is 0.274 e. The maximum atomic E-state index is 12.0. The van der Waals surface area contributed by atoms with Gasteiger partial charge in [-0.2, -0.15) is 0 Å². The van der Waals surface area contributed by atoms with Crippen molar-refractivity contribution in [2.24, 2.45) is 0 Å². The Morgan fingerprint density at radius 3 is 2.35 bits per heavy atom. The van der Waals surface area contributed by atoms with Crippen molar-refractivity contribution >= 4 is 10.0 Å². The lowest BCUT2D eigenvalue weighted by molar-refractivity contribution is 0.235. The molecule has 1 aromatic heterocycles. The standard InChI is InChI=1S/C11H19NO4S/c1-4-11(3,5-2)12-17(14,15)10-7-6-9(8-13)16-10/h6-7,12-13H,4-5,8H2,1-3H3. The lowest BCUT2D eigenvalue weighted by atomic mass is 9.98. The van der Waals surface area contributed by atoms with Crippen molar-refractivity contribution in [3.63, 3.8) is 0 Å². The van der Waals surface area contributed by atoms with Crippen LogP contribution < -0.4 is 4.72 Å². The number of sulfonamides is 1. The van der Waals surface area contributed by atoms with Crippen LogP contribution in [0.3, 0.4) is 0 Å². The highest BCUT2D eigenvalue weighted by molar-refractivity contribution is 7.89. The summed E-state index contributed by atoms with van der Waals surface area (Å²) in [4.78, 5) is 0. The number of furan rings is 1. The van der Waals surface area contributed by atoms with Crippen LogP contribution in [0.15, 0.2) is 21.6 Å². The van der Waals surface area contributed by atoms with Crippen molar-refractivity contribution in [1.82, 2.24) is 4.72 Å². The Kier molecular flexibility index (Phi) is 4.35. The van der Waals surface area contributed by atoms with Crippen LogP contribution in [0.1, 0.15) is 39.4 Å². The van der Waals surface area contributed by atoms with Crippen molar-refractivity contribution in [2.45, 2.75) is 50.9 Å². The van der Waals surface area contributed by atoms with Gasteiger partial charge in [0.25, 0.3) is 10.0 Å². The van der Waals surface area contributed by atoms with Crippen molar-refractivity contribution in [3.8, 4) is 0 Å². The molecule has 0 spiro atoms. The Morgan fingerprint density at radius 2 is 1.94 bits per heavy atom. The SMILES string of the molecule is CCC(C)(CC)NS(=O)(=O)c1ccc(CO)o1. The Morgan fingerprint density at radius 1 is 1.35 bits per heavy atom. The summed E-state index contributed by atoms with van der Waals surface area (Å²) in [6, 6.07) is 2.80. The van der Waals surface area contributed by atoms with Crippen LogP contribution in [0.5, 0.6) is 0 Å². The third-order valence-electron chi connectivity index (χ3n) is 3.00. The Bertz CT molecular complexity index is 460. The summed E-state index contributed by atoms with van der Waals surface area (Å²) in [7, 11) is -3.66. The van der Waals surface area contributed by atoms with Crippen LogP contribution in [0, 0.1) is 0 Å². The van der Waals surface area contributed by atoms with Crippen LogP contribution in [0.2, 0.25) is 0 Å². The molecule has 5 nitrogen and oxygen atoms in total. The number of hydrogen-bond acceptors (Lipinski definition) is 4. The second-order valence-electron chi connectivity index (χ2n) is 4.25. The lowest BCUT2D eigenvalue weighted by Gasteiger charge is -2.27. The molecule has 0 radical (unpaired) electrons. The van der Waals surface area contributed by atoms with E-state index in [1.165, 1.54) is 12.1 Å². The number of aliphatic hydroxyl groups excluding tert-OH is 1. The highest BCUT2D eigenvalue weighted by Gasteiger charge is 2.29. The zero-order valence-electron chi connectivity index (χ0n) is 10.4. The van der Waals surface area contributed by atoms with E-state index in [1.54, 1.807) is 0 Å². The fraction of sp³-hybridized carbons (Fsp3) is 0.636. The molecule has 0 aromatic carbocycles. The van der Waals surface area contributed by atoms with E-state index in [9.17, 15) is 8.42 Å². The molecule has 0 aliphatic rings. The second-order valence-corrected chi connectivity index (χ2v) is 5.87. The molecular formula is C11H19NO4S. The minimum absolute atomic E-state index is 0.158. The van der Waals surface area contributed by atoms with Crippen LogP contribution in [0.4, 0.5) is 0 Å². The number of hydrogen-bond donors (Lipinski definition) is 2. The highest BCUT2D eigenvalue weighted by atomic mass is 32.2. The molecule has 1 aromatic rings. The Balaban J connectivity index is 2.96. The van der Waals surface area contributed by atoms with Gasteiger partial charge in [0, 0.05) is 5.54 Å². The zero-order valence-corrected chi connectivity index (χ0v) is 11.2. The van der Waals surface area contributed by atoms with Gasteiger partial charge in [-0.25, -0.2) is 13.1 Å². The molecule has 98 valence electrons. The molecule has 0 aliphatic carbocycles. The summed E-state index contributed by atoms with van der Waals surface area (Å²) in [6.45, 7) is 5.38. The van der Waals surface area contributed by atoms with Gasteiger partial charge in [0.05, 0.1) is 0 Å². The summed E-state index contributed by atoms with van der Waals surface area (Å²) in [6.07, 6.45) is 1.38. The first-order chi connectivity index (χ1) is 7.87. The first-order valence-corrected chi connectivity index (χ1v) is 7.08. The summed E-state index contributed by atoms with van der Waals surface area (Å²) >= 11 is 0. The van der Waals surface area contributed by atoms with Crippen molar-refractivity contribution < 1.29 is 17.9 Å². The maximum Gasteiger partial charge on any atom is 0.274 e. The van der Waals surface area contributed by atoms with Crippen LogP contribution in [-0.4, -0.2) is 19.1 Å². The van der Waals surface area contributed by atoms with E-state index in [0.717, 1.165) is 0 Å². The third kappa shape index (κ3) is 3.31. The van der Waals surface area contributed by atoms with E-state index < -0.39 is 15.6 Å². The number of nitrogens with one attached hydrogen (secondary N) is 1. The molecule has 0 bridgehead atoms. The molecule has 0 aliphatic heterocycles. The fourth-order valence-electron chi connectivity index (χ4n) is 1.36. The van der Waals surface area contributed by atoms with Crippen LogP contribution in [0.25, 0.3) is 0 Å². The monoisotopic (exact) mass is 261 g/mol. The zero-order chi connectivity index (χ0) is 13.1. The van der Waals surface area contributed by atoms with E-state index in [2.05, 4.69) is 4.72 Å². The Labute approximate surface area is 102 Å². The first-order valence-electron chi connectivity index (χ1n) is 5.60. The molecule has 0 amide bonds.